The van der Waals surface area contributed by atoms with E-state index < -0.39 is 0 Å². The van der Waals surface area contributed by atoms with Gasteiger partial charge in [0.15, 0.2) is 0 Å². The van der Waals surface area contributed by atoms with E-state index in [9.17, 15) is 4.79 Å². The fraction of sp³-hybridized carbons (Fsp3) is 0.129. The molecule has 5 nitrogen and oxygen atoms in total. The van der Waals surface area contributed by atoms with Crippen LogP contribution in [0.5, 0.6) is 0 Å². The standard InChI is InChI=1S/C31H24N4O/c1-20-9-5-6-12-24(20)23-16-15-21-17-18-34-29(26(21)19-23)30-28(22-10-3-2-4-11-22)32-33-35(30)27-14-8-7-13-25(27)31(34)36/h2-16,19,29H,17-18H2,1H3. The number of rotatable bonds is 2. The van der Waals surface area contributed by atoms with Crippen molar-refractivity contribution in [3.8, 4) is 28.1 Å². The van der Waals surface area contributed by atoms with Crippen molar-refractivity contribution in [2.75, 3.05) is 6.54 Å². The van der Waals surface area contributed by atoms with Crippen molar-refractivity contribution in [1.82, 2.24) is 19.9 Å². The Morgan fingerprint density at radius 1 is 0.806 bits per heavy atom. The molecule has 5 heteroatoms. The second kappa shape index (κ2) is 8.02. The van der Waals surface area contributed by atoms with Gasteiger partial charge >= 0.3 is 0 Å². The number of amides is 1. The van der Waals surface area contributed by atoms with Crippen molar-refractivity contribution in [3.05, 3.63) is 125 Å². The van der Waals surface area contributed by atoms with Crippen molar-refractivity contribution in [3.63, 3.8) is 0 Å². The summed E-state index contributed by atoms with van der Waals surface area (Å²) in [7, 11) is 0. The SMILES string of the molecule is Cc1ccccc1-c1ccc2c(c1)C1c3c(-c4ccccc4)nnn3-c3ccccc3C(=O)N1CC2. The summed E-state index contributed by atoms with van der Waals surface area (Å²) in [6, 6.07) is 32.7. The molecule has 2 aliphatic heterocycles. The first-order chi connectivity index (χ1) is 17.7. The Labute approximate surface area is 209 Å². The van der Waals surface area contributed by atoms with Gasteiger partial charge in [-0.2, -0.15) is 0 Å². The van der Waals surface area contributed by atoms with Gasteiger partial charge in [0.25, 0.3) is 5.91 Å². The monoisotopic (exact) mass is 468 g/mol. The summed E-state index contributed by atoms with van der Waals surface area (Å²) >= 11 is 0. The predicted octanol–water partition coefficient (Wildman–Crippen LogP) is 6.01. The highest BCUT2D eigenvalue weighted by molar-refractivity contribution is 5.99. The third-order valence-electron chi connectivity index (χ3n) is 7.46. The number of para-hydroxylation sites is 1. The minimum atomic E-state index is -0.289. The number of aryl methyl sites for hydroxylation is 1. The summed E-state index contributed by atoms with van der Waals surface area (Å²) in [6.45, 7) is 2.79. The van der Waals surface area contributed by atoms with Crippen molar-refractivity contribution in [2.45, 2.75) is 19.4 Å². The van der Waals surface area contributed by atoms with Gasteiger partial charge in [0.2, 0.25) is 0 Å². The van der Waals surface area contributed by atoms with Crippen LogP contribution in [-0.2, 0) is 6.42 Å². The molecule has 1 aromatic heterocycles. The number of nitrogens with zero attached hydrogens (tertiary/aromatic N) is 4. The number of hydrogen-bond acceptors (Lipinski definition) is 3. The zero-order chi connectivity index (χ0) is 24.2. The number of carbonyl (C=O) groups excluding carboxylic acids is 1. The Bertz CT molecular complexity index is 1640. The van der Waals surface area contributed by atoms with Crippen LogP contribution in [0.1, 0.15) is 38.8 Å². The molecule has 0 bridgehead atoms. The third kappa shape index (κ3) is 3.06. The summed E-state index contributed by atoms with van der Waals surface area (Å²) < 4.78 is 1.88. The Balaban J connectivity index is 1.52. The number of fused-ring (bicyclic) bond motifs is 7. The molecule has 0 N–H and O–H groups in total. The summed E-state index contributed by atoms with van der Waals surface area (Å²) in [4.78, 5) is 16.0. The van der Waals surface area contributed by atoms with Crippen LogP contribution in [0.15, 0.2) is 97.1 Å². The van der Waals surface area contributed by atoms with E-state index >= 15 is 0 Å². The Morgan fingerprint density at radius 3 is 2.39 bits per heavy atom. The zero-order valence-electron chi connectivity index (χ0n) is 19.9. The molecule has 36 heavy (non-hydrogen) atoms. The quantitative estimate of drug-likeness (QED) is 0.319. The van der Waals surface area contributed by atoms with Gasteiger partial charge in [-0.3, -0.25) is 4.79 Å². The average Bonchev–Trinajstić information content (AvgIpc) is 3.33. The largest absolute Gasteiger partial charge is 0.325 e. The van der Waals surface area contributed by atoms with E-state index in [1.807, 2.05) is 52.0 Å². The minimum Gasteiger partial charge on any atom is -0.325 e. The van der Waals surface area contributed by atoms with Crippen LogP contribution in [-0.4, -0.2) is 32.3 Å². The van der Waals surface area contributed by atoms with E-state index in [-0.39, 0.29) is 11.9 Å². The lowest BCUT2D eigenvalue weighted by molar-refractivity contribution is 0.0698. The molecule has 1 amide bonds. The third-order valence-corrected chi connectivity index (χ3v) is 7.46. The fourth-order valence-electron chi connectivity index (χ4n) is 5.70. The average molecular weight is 469 g/mol. The number of benzene rings is 4. The van der Waals surface area contributed by atoms with Crippen LogP contribution in [0.3, 0.4) is 0 Å². The van der Waals surface area contributed by atoms with E-state index in [0.29, 0.717) is 12.1 Å². The molecule has 0 spiro atoms. The van der Waals surface area contributed by atoms with Gasteiger partial charge in [-0.25, -0.2) is 4.68 Å². The van der Waals surface area contributed by atoms with E-state index in [1.54, 1.807) is 0 Å². The molecule has 5 aromatic rings. The molecule has 0 aliphatic carbocycles. The van der Waals surface area contributed by atoms with Gasteiger partial charge in [0, 0.05) is 12.1 Å². The highest BCUT2D eigenvalue weighted by Gasteiger charge is 2.41. The number of carbonyl (C=O) groups is 1. The molecule has 3 heterocycles. The first-order valence-corrected chi connectivity index (χ1v) is 12.3. The van der Waals surface area contributed by atoms with Gasteiger partial charge in [-0.1, -0.05) is 84.1 Å². The molecule has 1 unspecified atom stereocenters. The lowest BCUT2D eigenvalue weighted by Crippen LogP contribution is -2.40. The first kappa shape index (κ1) is 20.8. The first-order valence-electron chi connectivity index (χ1n) is 12.3. The van der Waals surface area contributed by atoms with Gasteiger partial charge in [0.1, 0.15) is 11.7 Å². The normalized spacial score (nSPS) is 16.0. The molecule has 2 aliphatic rings. The van der Waals surface area contributed by atoms with Crippen molar-refractivity contribution < 1.29 is 4.79 Å². The summed E-state index contributed by atoms with van der Waals surface area (Å²) in [5.74, 6) is 0.0343. The smallest absolute Gasteiger partial charge is 0.256 e. The van der Waals surface area contributed by atoms with E-state index in [4.69, 9.17) is 0 Å². The molecule has 1 atom stereocenters. The number of aromatic nitrogens is 3. The maximum atomic E-state index is 14.0. The topological polar surface area (TPSA) is 51.0 Å². The van der Waals surface area contributed by atoms with Crippen LogP contribution in [0.4, 0.5) is 0 Å². The Kier molecular flexibility index (Phi) is 4.64. The maximum absolute atomic E-state index is 14.0. The van der Waals surface area contributed by atoms with Gasteiger partial charge in [-0.15, -0.1) is 5.10 Å². The van der Waals surface area contributed by atoms with Crippen molar-refractivity contribution >= 4 is 5.91 Å². The maximum Gasteiger partial charge on any atom is 0.256 e. The van der Waals surface area contributed by atoms with E-state index in [1.165, 1.54) is 16.7 Å². The van der Waals surface area contributed by atoms with E-state index in [0.717, 1.165) is 40.2 Å². The van der Waals surface area contributed by atoms with Gasteiger partial charge < -0.3 is 4.90 Å². The van der Waals surface area contributed by atoms with Gasteiger partial charge in [0.05, 0.1) is 16.9 Å². The van der Waals surface area contributed by atoms with Crippen LogP contribution in [0.25, 0.3) is 28.1 Å². The molecule has 174 valence electrons. The highest BCUT2D eigenvalue weighted by atomic mass is 16.2. The van der Waals surface area contributed by atoms with Gasteiger partial charge in [-0.05, 0) is 59.4 Å². The Hall–Kier alpha value is -4.51. The highest BCUT2D eigenvalue weighted by Crippen LogP contribution is 2.44. The fourth-order valence-corrected chi connectivity index (χ4v) is 5.70. The summed E-state index contributed by atoms with van der Waals surface area (Å²) in [5, 5.41) is 9.28. The number of hydrogen-bond donors (Lipinski definition) is 0. The van der Waals surface area contributed by atoms with Crippen molar-refractivity contribution in [2.24, 2.45) is 0 Å². The minimum absolute atomic E-state index is 0.0343. The van der Waals surface area contributed by atoms with E-state index in [2.05, 4.69) is 71.8 Å². The molecule has 4 aromatic carbocycles. The zero-order valence-corrected chi connectivity index (χ0v) is 19.9. The lowest BCUT2D eigenvalue weighted by atomic mass is 9.86. The van der Waals surface area contributed by atoms with Crippen LogP contribution in [0, 0.1) is 6.92 Å². The Morgan fingerprint density at radius 2 is 1.56 bits per heavy atom. The second-order valence-electron chi connectivity index (χ2n) is 9.50. The molecule has 0 fully saturated rings. The van der Waals surface area contributed by atoms with Crippen LogP contribution >= 0.6 is 0 Å². The molecule has 0 saturated heterocycles. The molecule has 0 saturated carbocycles. The predicted molar refractivity (Wildman–Crippen MR) is 140 cm³/mol. The molecular formula is C31H24N4O. The van der Waals surface area contributed by atoms with Crippen LogP contribution in [0.2, 0.25) is 0 Å². The molecule has 7 rings (SSSR count). The summed E-state index contributed by atoms with van der Waals surface area (Å²) in [6.07, 6.45) is 0.816. The summed E-state index contributed by atoms with van der Waals surface area (Å²) in [5.41, 5.74) is 10.2. The molecule has 0 radical (unpaired) electrons. The lowest BCUT2D eigenvalue weighted by Gasteiger charge is -2.36. The van der Waals surface area contributed by atoms with Crippen molar-refractivity contribution in [1.29, 1.82) is 0 Å². The molecular weight excluding hydrogens is 444 g/mol. The van der Waals surface area contributed by atoms with Crippen LogP contribution < -0.4 is 0 Å². The second-order valence-corrected chi connectivity index (χ2v) is 9.50.